The van der Waals surface area contributed by atoms with Crippen molar-refractivity contribution in [2.45, 2.75) is 45.7 Å². The smallest absolute Gasteiger partial charge is 0.271 e. The number of aryl methyl sites for hydroxylation is 3. The first-order valence-electron chi connectivity index (χ1n) is 10.2. The summed E-state index contributed by atoms with van der Waals surface area (Å²) >= 11 is 0. The molecule has 2 aromatic carbocycles. The summed E-state index contributed by atoms with van der Waals surface area (Å²) in [5, 5.41) is 2.86. The Morgan fingerprint density at radius 2 is 1.93 bits per heavy atom. The normalized spacial score (nSPS) is 15.5. The van der Waals surface area contributed by atoms with Crippen LogP contribution in [-0.2, 0) is 19.5 Å². The summed E-state index contributed by atoms with van der Waals surface area (Å²) in [4.78, 5) is 17.1. The summed E-state index contributed by atoms with van der Waals surface area (Å²) in [5.74, 6) is 1.76. The maximum atomic E-state index is 13.0. The van der Waals surface area contributed by atoms with Crippen LogP contribution in [-0.4, -0.2) is 22.6 Å². The van der Waals surface area contributed by atoms with Gasteiger partial charge in [0.1, 0.15) is 23.1 Å². The highest BCUT2D eigenvalue weighted by Gasteiger charge is 2.24. The number of rotatable bonds is 5. The molecule has 1 N–H and O–H groups in total. The molecule has 0 radical (unpaired) electrons. The number of ether oxygens (including phenoxy) is 1. The van der Waals surface area contributed by atoms with Crippen molar-refractivity contribution in [1.29, 1.82) is 0 Å². The van der Waals surface area contributed by atoms with E-state index in [1.807, 2.05) is 6.20 Å². The Balaban J connectivity index is 1.45. The number of fused-ring (bicyclic) bond motifs is 1. The fourth-order valence-electron chi connectivity index (χ4n) is 4.24. The van der Waals surface area contributed by atoms with Gasteiger partial charge in [0.05, 0.1) is 7.11 Å². The summed E-state index contributed by atoms with van der Waals surface area (Å²) < 4.78 is 20.6. The van der Waals surface area contributed by atoms with Crippen molar-refractivity contribution in [1.82, 2.24) is 14.9 Å². The SMILES string of the molecule is COc1c(C)cc([C@H]2CCc3nc(C(=O)NCc4ccc(F)cc4)cn3C2)cc1C. The second-order valence-electron chi connectivity index (χ2n) is 7.93. The van der Waals surface area contributed by atoms with E-state index in [0.717, 1.165) is 47.7 Å². The largest absolute Gasteiger partial charge is 0.496 e. The molecule has 156 valence electrons. The number of aromatic nitrogens is 2. The number of nitrogens with one attached hydrogen (secondary N) is 1. The third kappa shape index (κ3) is 4.08. The zero-order valence-corrected chi connectivity index (χ0v) is 17.5. The van der Waals surface area contributed by atoms with Crippen LogP contribution in [0.25, 0.3) is 0 Å². The first kappa shape index (κ1) is 20.1. The number of hydrogen-bond donors (Lipinski definition) is 1. The number of imidazole rings is 1. The van der Waals surface area contributed by atoms with Crippen LogP contribution in [0.1, 0.15) is 50.9 Å². The highest BCUT2D eigenvalue weighted by atomic mass is 19.1. The van der Waals surface area contributed by atoms with Crippen molar-refractivity contribution >= 4 is 5.91 Å². The first-order valence-corrected chi connectivity index (χ1v) is 10.2. The molecule has 4 rings (SSSR count). The average molecular weight is 407 g/mol. The van der Waals surface area contributed by atoms with Crippen LogP contribution in [0.5, 0.6) is 5.75 Å². The summed E-state index contributed by atoms with van der Waals surface area (Å²) in [5.41, 5.74) is 4.86. The van der Waals surface area contributed by atoms with E-state index in [2.05, 4.69) is 40.8 Å². The predicted octanol–water partition coefficient (Wildman–Crippen LogP) is 4.31. The van der Waals surface area contributed by atoms with Crippen molar-refractivity contribution in [2.75, 3.05) is 7.11 Å². The Bertz CT molecular complexity index is 1050. The van der Waals surface area contributed by atoms with Gasteiger partial charge in [-0.05, 0) is 54.7 Å². The molecule has 1 amide bonds. The number of benzene rings is 2. The van der Waals surface area contributed by atoms with Gasteiger partial charge in [0.2, 0.25) is 0 Å². The molecule has 30 heavy (non-hydrogen) atoms. The number of nitrogens with zero attached hydrogens (tertiary/aromatic N) is 2. The Labute approximate surface area is 175 Å². The summed E-state index contributed by atoms with van der Waals surface area (Å²) in [6.45, 7) is 5.29. The van der Waals surface area contributed by atoms with Gasteiger partial charge in [0.15, 0.2) is 0 Å². The molecule has 1 atom stereocenters. The van der Waals surface area contributed by atoms with Gasteiger partial charge in [-0.25, -0.2) is 9.37 Å². The highest BCUT2D eigenvalue weighted by Crippen LogP contribution is 2.33. The molecule has 1 aliphatic heterocycles. The molecular weight excluding hydrogens is 381 g/mol. The first-order chi connectivity index (χ1) is 14.4. The molecule has 6 heteroatoms. The Morgan fingerprint density at radius 1 is 1.23 bits per heavy atom. The van der Waals surface area contributed by atoms with Crippen molar-refractivity contribution in [3.05, 3.63) is 82.2 Å². The van der Waals surface area contributed by atoms with E-state index in [4.69, 9.17) is 4.74 Å². The van der Waals surface area contributed by atoms with Crippen molar-refractivity contribution < 1.29 is 13.9 Å². The second kappa shape index (κ2) is 8.30. The highest BCUT2D eigenvalue weighted by molar-refractivity contribution is 5.92. The number of amides is 1. The fraction of sp³-hybridized carbons (Fsp3) is 0.333. The van der Waals surface area contributed by atoms with Crippen LogP contribution in [0.3, 0.4) is 0 Å². The van der Waals surface area contributed by atoms with Crippen LogP contribution < -0.4 is 10.1 Å². The lowest BCUT2D eigenvalue weighted by molar-refractivity contribution is 0.0946. The molecule has 2 heterocycles. The maximum absolute atomic E-state index is 13.0. The zero-order valence-electron chi connectivity index (χ0n) is 17.5. The van der Waals surface area contributed by atoms with Gasteiger partial charge in [0, 0.05) is 31.6 Å². The lowest BCUT2D eigenvalue weighted by atomic mass is 9.89. The predicted molar refractivity (Wildman–Crippen MR) is 113 cm³/mol. The van der Waals surface area contributed by atoms with Crippen molar-refractivity contribution in [3.63, 3.8) is 0 Å². The van der Waals surface area contributed by atoms with Crippen molar-refractivity contribution in [3.8, 4) is 5.75 Å². The molecule has 0 aliphatic carbocycles. The molecule has 3 aromatic rings. The minimum Gasteiger partial charge on any atom is -0.496 e. The van der Waals surface area contributed by atoms with E-state index >= 15 is 0 Å². The lowest BCUT2D eigenvalue weighted by Gasteiger charge is -2.25. The molecule has 0 unspecified atom stereocenters. The number of hydrogen-bond acceptors (Lipinski definition) is 3. The number of halogens is 1. The third-order valence-electron chi connectivity index (χ3n) is 5.75. The van der Waals surface area contributed by atoms with E-state index in [1.54, 1.807) is 19.2 Å². The minimum atomic E-state index is -0.288. The topological polar surface area (TPSA) is 56.1 Å². The van der Waals surface area contributed by atoms with Crippen LogP contribution in [0, 0.1) is 19.7 Å². The maximum Gasteiger partial charge on any atom is 0.271 e. The molecule has 0 saturated carbocycles. The third-order valence-corrected chi connectivity index (χ3v) is 5.75. The van der Waals surface area contributed by atoms with Crippen LogP contribution >= 0.6 is 0 Å². The summed E-state index contributed by atoms with van der Waals surface area (Å²) in [7, 11) is 1.70. The lowest BCUT2D eigenvalue weighted by Crippen LogP contribution is -2.23. The number of carbonyl (C=O) groups is 1. The Kier molecular flexibility index (Phi) is 5.57. The zero-order chi connectivity index (χ0) is 21.3. The Hall–Kier alpha value is -3.15. The molecule has 1 aliphatic rings. The molecule has 1 aromatic heterocycles. The average Bonchev–Trinajstić information content (AvgIpc) is 3.16. The quantitative estimate of drug-likeness (QED) is 0.686. The van der Waals surface area contributed by atoms with Crippen molar-refractivity contribution in [2.24, 2.45) is 0 Å². The van der Waals surface area contributed by atoms with Gasteiger partial charge in [-0.1, -0.05) is 24.3 Å². The fourth-order valence-corrected chi connectivity index (χ4v) is 4.24. The summed E-state index contributed by atoms with van der Waals surface area (Å²) in [6.07, 6.45) is 3.67. The van der Waals surface area contributed by atoms with Crippen LogP contribution in [0.15, 0.2) is 42.6 Å². The van der Waals surface area contributed by atoms with Gasteiger partial charge in [0.25, 0.3) is 5.91 Å². The van der Waals surface area contributed by atoms with Gasteiger partial charge in [-0.3, -0.25) is 4.79 Å². The number of methoxy groups -OCH3 is 1. The Morgan fingerprint density at radius 3 is 2.60 bits per heavy atom. The molecule has 0 spiro atoms. The molecular formula is C24H26FN3O2. The molecule has 0 saturated heterocycles. The molecule has 0 bridgehead atoms. The van der Waals surface area contributed by atoms with E-state index < -0.39 is 0 Å². The molecule has 5 nitrogen and oxygen atoms in total. The van der Waals surface area contributed by atoms with E-state index in [-0.39, 0.29) is 11.7 Å². The van der Waals surface area contributed by atoms with E-state index in [1.165, 1.54) is 17.7 Å². The van der Waals surface area contributed by atoms with Gasteiger partial charge >= 0.3 is 0 Å². The van der Waals surface area contributed by atoms with E-state index in [0.29, 0.717) is 18.2 Å². The van der Waals surface area contributed by atoms with E-state index in [9.17, 15) is 9.18 Å². The second-order valence-corrected chi connectivity index (χ2v) is 7.93. The van der Waals surface area contributed by atoms with Gasteiger partial charge < -0.3 is 14.6 Å². The minimum absolute atomic E-state index is 0.214. The van der Waals surface area contributed by atoms with Crippen LogP contribution in [0.4, 0.5) is 4.39 Å². The van der Waals surface area contributed by atoms with Crippen LogP contribution in [0.2, 0.25) is 0 Å². The molecule has 0 fully saturated rings. The number of carbonyl (C=O) groups excluding carboxylic acids is 1. The standard InChI is InChI=1S/C24H26FN3O2/c1-15-10-19(11-16(2)23(15)30-3)18-6-9-22-27-21(14-28(22)13-18)24(29)26-12-17-4-7-20(25)8-5-17/h4-5,7-8,10-11,14,18H,6,9,12-13H2,1-3H3,(H,26,29)/t18-/m0/s1. The van der Waals surface area contributed by atoms with Gasteiger partial charge in [-0.15, -0.1) is 0 Å². The monoisotopic (exact) mass is 407 g/mol. The van der Waals surface area contributed by atoms with Gasteiger partial charge in [-0.2, -0.15) is 0 Å². The summed E-state index contributed by atoms with van der Waals surface area (Å²) in [6, 6.07) is 10.5.